The molecule has 1 unspecified atom stereocenters. The molecule has 0 aliphatic carbocycles. The molecule has 1 aliphatic heterocycles. The molecule has 6 nitrogen and oxygen atoms in total. The number of benzene rings is 1. The van der Waals surface area contributed by atoms with Gasteiger partial charge in [-0.3, -0.25) is 4.79 Å². The Bertz CT molecular complexity index is 660. The maximum Gasteiger partial charge on any atom is 0.254 e. The third kappa shape index (κ3) is 4.73. The largest absolute Gasteiger partial charge is 0.334 e. The SMILES string of the molecule is CCN(CC)S(=O)(=O)c1ccc(C(=O)N2CCCC2CNC)cc1.Cl. The van der Waals surface area contributed by atoms with Gasteiger partial charge in [0.2, 0.25) is 10.0 Å². The number of likely N-dealkylation sites (tertiary alicyclic amines) is 1. The zero-order chi connectivity index (χ0) is 17.7. The molecular weight excluding hydrogens is 362 g/mol. The number of likely N-dealkylation sites (N-methyl/N-ethyl adjacent to an activating group) is 1. The summed E-state index contributed by atoms with van der Waals surface area (Å²) < 4.78 is 26.4. The summed E-state index contributed by atoms with van der Waals surface area (Å²) in [7, 11) is -1.60. The lowest BCUT2D eigenvalue weighted by molar-refractivity contribution is 0.0737. The van der Waals surface area contributed by atoms with E-state index in [-0.39, 0.29) is 29.3 Å². The van der Waals surface area contributed by atoms with Crippen LogP contribution in [0.5, 0.6) is 0 Å². The second kappa shape index (κ2) is 9.52. The van der Waals surface area contributed by atoms with Crippen molar-refractivity contribution in [2.45, 2.75) is 37.6 Å². The Kier molecular flexibility index (Phi) is 8.34. The number of carbonyl (C=O) groups is 1. The Morgan fingerprint density at radius 2 is 1.84 bits per heavy atom. The summed E-state index contributed by atoms with van der Waals surface area (Å²) in [6.07, 6.45) is 2.01. The highest BCUT2D eigenvalue weighted by atomic mass is 35.5. The van der Waals surface area contributed by atoms with Gasteiger partial charge >= 0.3 is 0 Å². The molecule has 1 aromatic rings. The fourth-order valence-corrected chi connectivity index (χ4v) is 4.66. The van der Waals surface area contributed by atoms with Crippen LogP contribution >= 0.6 is 12.4 Å². The van der Waals surface area contributed by atoms with Crippen LogP contribution in [0.25, 0.3) is 0 Å². The average molecular weight is 390 g/mol. The molecule has 142 valence electrons. The zero-order valence-corrected chi connectivity index (χ0v) is 16.7. The van der Waals surface area contributed by atoms with E-state index in [1.165, 1.54) is 16.4 Å². The van der Waals surface area contributed by atoms with E-state index in [0.29, 0.717) is 18.7 Å². The van der Waals surface area contributed by atoms with Crippen LogP contribution in [0.3, 0.4) is 0 Å². The first kappa shape index (κ1) is 21.9. The molecule has 1 saturated heterocycles. The molecule has 1 atom stereocenters. The van der Waals surface area contributed by atoms with Gasteiger partial charge < -0.3 is 10.2 Å². The van der Waals surface area contributed by atoms with Crippen LogP contribution in [0.4, 0.5) is 0 Å². The quantitative estimate of drug-likeness (QED) is 0.773. The lowest BCUT2D eigenvalue weighted by Crippen LogP contribution is -2.40. The number of amides is 1. The van der Waals surface area contributed by atoms with E-state index in [1.54, 1.807) is 12.1 Å². The number of hydrogen-bond donors (Lipinski definition) is 1. The fraction of sp³-hybridized carbons (Fsp3) is 0.588. The fourth-order valence-electron chi connectivity index (χ4n) is 3.20. The first-order chi connectivity index (χ1) is 11.5. The molecule has 0 aromatic heterocycles. The maximum atomic E-state index is 12.7. The molecule has 25 heavy (non-hydrogen) atoms. The van der Waals surface area contributed by atoms with Gasteiger partial charge in [-0.15, -0.1) is 12.4 Å². The summed E-state index contributed by atoms with van der Waals surface area (Å²) in [6.45, 7) is 6.02. The van der Waals surface area contributed by atoms with Crippen molar-refractivity contribution in [1.82, 2.24) is 14.5 Å². The number of nitrogens with zero attached hydrogens (tertiary/aromatic N) is 2. The first-order valence-electron chi connectivity index (χ1n) is 8.51. The minimum absolute atomic E-state index is 0. The van der Waals surface area contributed by atoms with Gasteiger partial charge in [-0.1, -0.05) is 13.8 Å². The molecule has 8 heteroatoms. The van der Waals surface area contributed by atoms with Gasteiger partial charge in [0.1, 0.15) is 0 Å². The third-order valence-electron chi connectivity index (χ3n) is 4.52. The van der Waals surface area contributed by atoms with Gasteiger partial charge in [0.15, 0.2) is 0 Å². The van der Waals surface area contributed by atoms with Gasteiger partial charge in [0.05, 0.1) is 4.90 Å². The minimum Gasteiger partial charge on any atom is -0.334 e. The molecule has 0 bridgehead atoms. The van der Waals surface area contributed by atoms with Crippen molar-refractivity contribution in [3.05, 3.63) is 29.8 Å². The molecule has 1 fully saturated rings. The highest BCUT2D eigenvalue weighted by molar-refractivity contribution is 7.89. The minimum atomic E-state index is -3.48. The van der Waals surface area contributed by atoms with E-state index >= 15 is 0 Å². The summed E-state index contributed by atoms with van der Waals surface area (Å²) in [5.74, 6) is -0.0282. The predicted octanol–water partition coefficient (Wildman–Crippen LogP) is 1.96. The van der Waals surface area contributed by atoms with Crippen molar-refractivity contribution in [3.63, 3.8) is 0 Å². The Labute approximate surface area is 157 Å². The van der Waals surface area contributed by atoms with Crippen LogP contribution in [-0.4, -0.2) is 62.8 Å². The Hall–Kier alpha value is -1.15. The molecule has 1 aromatic carbocycles. The number of rotatable bonds is 7. The molecule has 0 saturated carbocycles. The molecule has 0 radical (unpaired) electrons. The average Bonchev–Trinajstić information content (AvgIpc) is 3.04. The smallest absolute Gasteiger partial charge is 0.254 e. The topological polar surface area (TPSA) is 69.7 Å². The summed E-state index contributed by atoms with van der Waals surface area (Å²) in [4.78, 5) is 14.8. The first-order valence-corrected chi connectivity index (χ1v) is 9.95. The van der Waals surface area contributed by atoms with E-state index in [0.717, 1.165) is 25.9 Å². The zero-order valence-electron chi connectivity index (χ0n) is 15.1. The van der Waals surface area contributed by atoms with E-state index in [1.807, 2.05) is 25.8 Å². The molecule has 2 rings (SSSR count). The van der Waals surface area contributed by atoms with E-state index < -0.39 is 10.0 Å². The summed E-state index contributed by atoms with van der Waals surface area (Å²) in [6, 6.07) is 6.51. The molecule has 1 aliphatic rings. The molecule has 0 spiro atoms. The Morgan fingerprint density at radius 1 is 1.24 bits per heavy atom. The van der Waals surface area contributed by atoms with Crippen molar-refractivity contribution in [3.8, 4) is 0 Å². The number of sulfonamides is 1. The second-order valence-electron chi connectivity index (χ2n) is 5.97. The van der Waals surface area contributed by atoms with Gasteiger partial charge in [-0.2, -0.15) is 4.31 Å². The van der Waals surface area contributed by atoms with E-state index in [4.69, 9.17) is 0 Å². The highest BCUT2D eigenvalue weighted by Crippen LogP contribution is 2.21. The second-order valence-corrected chi connectivity index (χ2v) is 7.90. The van der Waals surface area contributed by atoms with E-state index in [2.05, 4.69) is 5.32 Å². The van der Waals surface area contributed by atoms with Crippen LogP contribution in [0.1, 0.15) is 37.0 Å². The number of halogens is 1. The number of hydrogen-bond acceptors (Lipinski definition) is 4. The van der Waals surface area contributed by atoms with Gasteiger partial charge in [0, 0.05) is 37.8 Å². The van der Waals surface area contributed by atoms with Crippen molar-refractivity contribution < 1.29 is 13.2 Å². The van der Waals surface area contributed by atoms with Gasteiger partial charge in [-0.05, 0) is 44.2 Å². The molecule has 1 heterocycles. The Morgan fingerprint density at radius 3 is 2.36 bits per heavy atom. The predicted molar refractivity (Wildman–Crippen MR) is 102 cm³/mol. The highest BCUT2D eigenvalue weighted by Gasteiger charge is 2.29. The van der Waals surface area contributed by atoms with Gasteiger partial charge in [0.25, 0.3) is 5.91 Å². The van der Waals surface area contributed by atoms with Gasteiger partial charge in [-0.25, -0.2) is 8.42 Å². The molecule has 1 amide bonds. The monoisotopic (exact) mass is 389 g/mol. The van der Waals surface area contributed by atoms with E-state index in [9.17, 15) is 13.2 Å². The normalized spacial score (nSPS) is 17.6. The standard InChI is InChI=1S/C17H27N3O3S.ClH/c1-4-19(5-2)24(22,23)16-10-8-14(9-11-16)17(21)20-12-6-7-15(20)13-18-3;/h8-11,15,18H,4-7,12-13H2,1-3H3;1H. The summed E-state index contributed by atoms with van der Waals surface area (Å²) in [5.41, 5.74) is 0.538. The third-order valence-corrected chi connectivity index (χ3v) is 6.59. The number of nitrogens with one attached hydrogen (secondary N) is 1. The van der Waals surface area contributed by atoms with Crippen molar-refractivity contribution in [2.24, 2.45) is 0 Å². The van der Waals surface area contributed by atoms with Crippen molar-refractivity contribution >= 4 is 28.3 Å². The van der Waals surface area contributed by atoms with Crippen LogP contribution in [-0.2, 0) is 10.0 Å². The van der Waals surface area contributed by atoms with Crippen molar-refractivity contribution in [1.29, 1.82) is 0 Å². The Balaban J connectivity index is 0.00000312. The number of carbonyl (C=O) groups excluding carboxylic acids is 1. The van der Waals surface area contributed by atoms with Crippen LogP contribution in [0.2, 0.25) is 0 Å². The van der Waals surface area contributed by atoms with Crippen molar-refractivity contribution in [2.75, 3.05) is 33.2 Å². The summed E-state index contributed by atoms with van der Waals surface area (Å²) >= 11 is 0. The lowest BCUT2D eigenvalue weighted by atomic mass is 10.1. The van der Waals surface area contributed by atoms with Crippen LogP contribution < -0.4 is 5.32 Å². The van der Waals surface area contributed by atoms with Crippen LogP contribution in [0, 0.1) is 0 Å². The molecule has 1 N–H and O–H groups in total. The maximum absolute atomic E-state index is 12.7. The lowest BCUT2D eigenvalue weighted by Gasteiger charge is -2.25. The summed E-state index contributed by atoms with van der Waals surface area (Å²) in [5, 5.41) is 3.12. The van der Waals surface area contributed by atoms with Crippen LogP contribution in [0.15, 0.2) is 29.2 Å². The molecular formula is C17H28ClN3O3S.